The third-order valence-corrected chi connectivity index (χ3v) is 19.3. The fourth-order valence-electron chi connectivity index (χ4n) is 11.2. The van der Waals surface area contributed by atoms with Crippen molar-refractivity contribution in [3.05, 3.63) is 24.3 Å². The molecule has 24 nitrogen and oxygen atoms in total. The quantitative estimate of drug-likeness (QED) is 0.00700. The second kappa shape index (κ2) is 78.6. The molecule has 0 radical (unpaired) electrons. The molecule has 0 saturated heterocycles. The Labute approximate surface area is 689 Å². The van der Waals surface area contributed by atoms with E-state index in [4.69, 9.17) is 37.0 Å². The molecule has 28 heteroatoms. The molecule has 616 valence electrons. The summed E-state index contributed by atoms with van der Waals surface area (Å²) in [4.78, 5) is 100. The van der Waals surface area contributed by atoms with Gasteiger partial charge in [-0.05, 0) is 103 Å². The number of phosphoric acid groups is 2. The summed E-state index contributed by atoms with van der Waals surface area (Å²) in [7, 11) is -9.61. The molecule has 8 N–H and O–H groups in total. The van der Waals surface area contributed by atoms with Gasteiger partial charge in [0.15, 0.2) is 0 Å². The molecule has 0 spiro atoms. The van der Waals surface area contributed by atoms with E-state index in [1.807, 2.05) is 0 Å². The van der Waals surface area contributed by atoms with Crippen LogP contribution in [0.5, 0.6) is 0 Å². The Kier molecular flexibility index (Phi) is 82.1. The minimum atomic E-state index is -4.81. The van der Waals surface area contributed by atoms with Crippen molar-refractivity contribution in [1.82, 2.24) is 21.3 Å². The molecule has 0 bridgehead atoms. The fourth-order valence-corrected chi connectivity index (χ4v) is 12.8. The topological polar surface area (TPSA) is 339 Å². The third-order valence-electron chi connectivity index (χ3n) is 17.4. The number of aliphatic hydroxyl groups excluding tert-OH is 2. The van der Waals surface area contributed by atoms with E-state index in [1.54, 1.807) is 0 Å². The summed E-state index contributed by atoms with van der Waals surface area (Å²) in [5.74, 6) is -3.31. The van der Waals surface area contributed by atoms with Crippen LogP contribution in [0.15, 0.2) is 24.3 Å². The molecule has 8 atom stereocenters. The second-order valence-corrected chi connectivity index (χ2v) is 30.4. The van der Waals surface area contributed by atoms with E-state index in [-0.39, 0.29) is 147 Å². The van der Waals surface area contributed by atoms with Crippen molar-refractivity contribution in [2.75, 3.05) is 65.9 Å². The Morgan fingerprint density at radius 2 is 0.679 bits per heavy atom. The number of carbonyl (C=O) groups excluding carboxylic acids is 6. The zero-order valence-electron chi connectivity index (χ0n) is 68.9. The predicted octanol–water partition coefficient (Wildman–Crippen LogP) is 10.7. The molecule has 0 aliphatic rings. The van der Waals surface area contributed by atoms with E-state index in [9.17, 15) is 57.9 Å². The summed E-state index contributed by atoms with van der Waals surface area (Å²) >= 11 is 0. The van der Waals surface area contributed by atoms with Gasteiger partial charge in [0.05, 0.1) is 76.8 Å². The first-order chi connectivity index (χ1) is 49.7. The summed E-state index contributed by atoms with van der Waals surface area (Å²) in [6.45, 7) is 10.2. The maximum atomic E-state index is 13.7. The molecule has 4 amide bonds. The number of hydrogen-bond donors (Lipinski definition) is 8. The summed E-state index contributed by atoms with van der Waals surface area (Å²) < 4.78 is 70.5. The Balaban J connectivity index is -0.00000520. The number of amides is 4. The van der Waals surface area contributed by atoms with Crippen LogP contribution in [0.1, 0.15) is 341 Å². The molecular formula is C78H152N4Na2O20P2. The average molecular weight is 1570 g/mol. The maximum Gasteiger partial charge on any atom is 1.00 e. The zero-order valence-corrected chi connectivity index (χ0v) is 72.7. The van der Waals surface area contributed by atoms with Gasteiger partial charge in [-0.1, -0.05) is 227 Å². The number of nitrogens with one attached hydrogen (secondary N) is 4. The van der Waals surface area contributed by atoms with Gasteiger partial charge < -0.3 is 63.1 Å². The van der Waals surface area contributed by atoms with Crippen LogP contribution < -0.4 is 80.4 Å². The number of rotatable bonds is 76. The molecule has 0 rings (SSSR count). The number of unbranched alkanes of at least 4 members (excludes halogenated alkanes) is 26. The molecule has 0 aliphatic carbocycles. The number of ether oxygens (including phenoxy) is 4. The van der Waals surface area contributed by atoms with Gasteiger partial charge in [-0.3, -0.25) is 46.9 Å². The van der Waals surface area contributed by atoms with E-state index >= 15 is 0 Å². The maximum absolute atomic E-state index is 13.7. The third kappa shape index (κ3) is 75.1. The predicted molar refractivity (Wildman–Crippen MR) is 416 cm³/mol. The van der Waals surface area contributed by atoms with Crippen LogP contribution in [0.25, 0.3) is 0 Å². The van der Waals surface area contributed by atoms with Gasteiger partial charge in [0.2, 0.25) is 23.6 Å². The average Bonchev–Trinajstić information content (AvgIpc) is 0.913. The molecule has 106 heavy (non-hydrogen) atoms. The standard InChI is InChI=1S/C77H146N4O20P2.CH4.2Na.2H/c1-7-13-19-25-27-29-31-37-43-49-76(88)100-70(47-41-35-23-17-11-5)59-74(86)80-66(62-94-55-51-68(82)45-39-33-21-15-9-3)64-98-102(90,91)96-57-53-78-72(84)61-73(85)79-54-58-97-103(92,93)99-65-67(63-95-56-52-69(83)46-40-34-22-16-10-4)81-75(87)60-71(48-42-36-24-18-12-6)101-77(89)50-44-38-32-30-28-26-20-14-8-2;;;;;/h29-32,66-71,82-83H,7-28,33-65H2,1-6H3,(H,78,84)(H,79,85)(H,80,86)(H,81,87)(H,90,91)(H,92,93);1H4;;;;/q;;2*+1;2*-1/b31-29-,32-30-;;;;;/t66?,67?,68-,69-,70-,71-;;;;;/m1...../s1. The Bertz CT molecular complexity index is 2130. The van der Waals surface area contributed by atoms with Crippen molar-refractivity contribution in [3.63, 3.8) is 0 Å². The molecule has 0 aromatic rings. The van der Waals surface area contributed by atoms with Gasteiger partial charge in [0, 0.05) is 39.1 Å². The Morgan fingerprint density at radius 3 is 1.01 bits per heavy atom. The van der Waals surface area contributed by atoms with Crippen LogP contribution in [0.4, 0.5) is 0 Å². The van der Waals surface area contributed by atoms with Crippen molar-refractivity contribution < 1.29 is 157 Å². The van der Waals surface area contributed by atoms with Crippen LogP contribution in [0, 0.1) is 0 Å². The molecule has 0 heterocycles. The van der Waals surface area contributed by atoms with E-state index < -0.39 is 109 Å². The summed E-state index contributed by atoms with van der Waals surface area (Å²) in [6.07, 6.45) is 42.6. The van der Waals surface area contributed by atoms with Gasteiger partial charge in [-0.2, -0.15) is 0 Å². The van der Waals surface area contributed by atoms with Crippen LogP contribution in [-0.4, -0.2) is 158 Å². The zero-order chi connectivity index (χ0) is 76.1. The van der Waals surface area contributed by atoms with E-state index in [1.165, 1.54) is 38.5 Å². The molecule has 0 aliphatic heterocycles. The largest absolute Gasteiger partial charge is 1.00 e. The number of carbonyl (C=O) groups is 6. The second-order valence-electron chi connectivity index (χ2n) is 27.5. The SMILES string of the molecule is C.CCCCCC/C=C\CCCC(=O)O[C@H](CCCCCCC)CC(=O)NC(COCC[C@H](O)CCCCCCC)COP(=O)(O)OCCNC(=O)CC(=O)NCCOP(=O)(O)OCC(COCC[C@H](O)CCCCCCC)NC(=O)C[C@@H](CCCCCCC)OC(=O)CCC/C=C\CCCCCC.[H-].[H-].[Na+].[Na+]. The van der Waals surface area contributed by atoms with Crippen LogP contribution in [0.2, 0.25) is 0 Å². The van der Waals surface area contributed by atoms with E-state index in [0.717, 1.165) is 167 Å². The van der Waals surface area contributed by atoms with E-state index in [2.05, 4.69) is 87.1 Å². The van der Waals surface area contributed by atoms with Crippen molar-refractivity contribution in [1.29, 1.82) is 0 Å². The van der Waals surface area contributed by atoms with Crippen LogP contribution in [0.3, 0.4) is 0 Å². The minimum absolute atomic E-state index is 0. The minimum Gasteiger partial charge on any atom is -1.00 e. The molecule has 0 fully saturated rings. The normalized spacial score (nSPS) is 14.3. The molecule has 0 saturated carbocycles. The van der Waals surface area contributed by atoms with Crippen molar-refractivity contribution in [2.45, 2.75) is 374 Å². The van der Waals surface area contributed by atoms with Gasteiger partial charge in [-0.15, -0.1) is 0 Å². The van der Waals surface area contributed by atoms with Gasteiger partial charge in [-0.25, -0.2) is 9.13 Å². The number of allylic oxidation sites excluding steroid dienone is 4. The first kappa shape index (κ1) is 111. The number of hydrogen-bond acceptors (Lipinski definition) is 18. The first-order valence-electron chi connectivity index (χ1n) is 40.3. The van der Waals surface area contributed by atoms with Crippen molar-refractivity contribution in [2.24, 2.45) is 0 Å². The van der Waals surface area contributed by atoms with Crippen LogP contribution in [-0.2, 0) is 74.9 Å². The van der Waals surface area contributed by atoms with Crippen LogP contribution >= 0.6 is 15.6 Å². The molecule has 4 unspecified atom stereocenters. The smallest absolute Gasteiger partial charge is 1.00 e. The number of aliphatic hydroxyl groups is 2. The molecule has 0 aromatic heterocycles. The van der Waals surface area contributed by atoms with Gasteiger partial charge in [0.25, 0.3) is 0 Å². The Morgan fingerprint density at radius 1 is 0.377 bits per heavy atom. The molecule has 0 aromatic carbocycles. The fraction of sp³-hybridized carbons (Fsp3) is 0.872. The molecular weight excluding hydrogens is 1420 g/mol. The van der Waals surface area contributed by atoms with Crippen molar-refractivity contribution >= 4 is 51.2 Å². The Hall–Kier alpha value is -1.64. The van der Waals surface area contributed by atoms with Gasteiger partial charge in [0.1, 0.15) is 18.6 Å². The summed E-state index contributed by atoms with van der Waals surface area (Å²) in [5.41, 5.74) is 0. The number of phosphoric ester groups is 2. The van der Waals surface area contributed by atoms with Gasteiger partial charge >= 0.3 is 86.7 Å². The summed E-state index contributed by atoms with van der Waals surface area (Å²) in [6, 6.07) is -1.92. The monoisotopic (exact) mass is 1570 g/mol. The van der Waals surface area contributed by atoms with Crippen molar-refractivity contribution in [3.8, 4) is 0 Å². The number of esters is 2. The summed E-state index contributed by atoms with van der Waals surface area (Å²) in [5, 5.41) is 31.6. The first-order valence-corrected chi connectivity index (χ1v) is 43.3. The van der Waals surface area contributed by atoms with E-state index in [0.29, 0.717) is 51.4 Å².